The summed E-state index contributed by atoms with van der Waals surface area (Å²) in [6.45, 7) is 14.4. The Bertz CT molecular complexity index is 3930. The second-order valence-electron chi connectivity index (χ2n) is 22.6. The van der Waals surface area contributed by atoms with Crippen LogP contribution in [0.15, 0.2) is 237 Å². The van der Waals surface area contributed by atoms with Gasteiger partial charge in [0.25, 0.3) is 0 Å². The molecule has 11 aromatic rings. The van der Waals surface area contributed by atoms with E-state index in [0.717, 1.165) is 17.1 Å². The first-order valence-electron chi connectivity index (χ1n) is 26.3. The molecule has 1 nitrogen and oxygen atoms in total. The Morgan fingerprint density at radius 1 is 0.216 bits per heavy atom. The van der Waals surface area contributed by atoms with Crippen molar-refractivity contribution in [3.8, 4) is 77.9 Å². The minimum absolute atomic E-state index is 0.203. The molecule has 0 bridgehead atoms. The summed E-state index contributed by atoms with van der Waals surface area (Å²) < 4.78 is 0. The molecule has 0 fully saturated rings. The lowest BCUT2D eigenvalue weighted by Crippen LogP contribution is -2.19. The van der Waals surface area contributed by atoms with Crippen molar-refractivity contribution in [2.45, 2.75) is 57.8 Å². The van der Waals surface area contributed by atoms with E-state index >= 15 is 0 Å². The average Bonchev–Trinajstić information content (AvgIpc) is 3.93. The Kier molecular flexibility index (Phi) is 9.70. The number of rotatable bonds is 7. The summed E-state index contributed by atoms with van der Waals surface area (Å²) in [6, 6.07) is 89.0. The maximum absolute atomic E-state index is 2.53. The molecule has 0 amide bonds. The van der Waals surface area contributed by atoms with Gasteiger partial charge in [0, 0.05) is 33.3 Å². The van der Waals surface area contributed by atoms with Crippen LogP contribution in [0.1, 0.15) is 74.9 Å². The van der Waals surface area contributed by atoms with E-state index in [1.54, 1.807) is 0 Å². The van der Waals surface area contributed by atoms with Gasteiger partial charge in [-0.05, 0) is 183 Å². The lowest BCUT2D eigenvalue weighted by atomic mass is 9.81. The molecule has 0 aliphatic heterocycles. The highest BCUT2D eigenvalue weighted by molar-refractivity contribution is 5.93. The quantitative estimate of drug-likeness (QED) is 0.154. The van der Waals surface area contributed by atoms with Crippen LogP contribution in [0, 0.1) is 0 Å². The molecule has 0 radical (unpaired) electrons. The predicted octanol–water partition coefficient (Wildman–Crippen LogP) is 19.9. The molecule has 0 N–H and O–H groups in total. The highest BCUT2D eigenvalue weighted by Gasteiger charge is 2.40. The first kappa shape index (κ1) is 44.2. The van der Waals surface area contributed by atoms with Gasteiger partial charge in [-0.1, -0.05) is 217 Å². The first-order valence-corrected chi connectivity index (χ1v) is 26.3. The van der Waals surface area contributed by atoms with Crippen LogP contribution >= 0.6 is 0 Å². The normalized spacial score (nSPS) is 14.7. The van der Waals surface area contributed by atoms with Crippen LogP contribution in [0.3, 0.4) is 0 Å². The van der Waals surface area contributed by atoms with Gasteiger partial charge in [-0.25, -0.2) is 0 Å². The third kappa shape index (κ3) is 6.76. The van der Waals surface area contributed by atoms with Crippen molar-refractivity contribution in [3.05, 3.63) is 270 Å². The van der Waals surface area contributed by atoms with Gasteiger partial charge < -0.3 is 4.90 Å². The van der Waals surface area contributed by atoms with Crippen LogP contribution in [0.4, 0.5) is 17.1 Å². The number of fused-ring (bicyclic) bond motifs is 10. The number of anilines is 3. The van der Waals surface area contributed by atoms with Gasteiger partial charge in [-0.15, -0.1) is 0 Å². The van der Waals surface area contributed by atoms with Gasteiger partial charge in [0.05, 0.1) is 0 Å². The molecular formula is C73H57N. The summed E-state index contributed by atoms with van der Waals surface area (Å²) in [4.78, 5) is 2.53. The van der Waals surface area contributed by atoms with Crippen LogP contribution in [0.25, 0.3) is 88.7 Å². The Labute approximate surface area is 436 Å². The molecule has 0 heterocycles. The summed E-state index contributed by atoms with van der Waals surface area (Å²) >= 11 is 0. The van der Waals surface area contributed by atoms with Crippen molar-refractivity contribution in [1.29, 1.82) is 0 Å². The van der Waals surface area contributed by atoms with E-state index in [1.807, 2.05) is 0 Å². The second kappa shape index (κ2) is 16.2. The SMILES string of the molecule is CC1(C)c2cc(-c3ccccc3)ccc2-c2ccc(N(c3ccc4c(c3)C(C)(C)c3cc(-c5ccccc5)ccc3-4)c3ccc4c(c3)C(C)(C)c3cc(-c5ccc(-c6ccc7ccccc7c6)cc5)ccc3-4)cc21. The third-order valence-corrected chi connectivity index (χ3v) is 17.3. The van der Waals surface area contributed by atoms with E-state index in [0.29, 0.717) is 0 Å². The molecule has 0 spiro atoms. The van der Waals surface area contributed by atoms with Gasteiger partial charge in [0.2, 0.25) is 0 Å². The molecule has 11 aromatic carbocycles. The highest BCUT2D eigenvalue weighted by atomic mass is 15.1. The van der Waals surface area contributed by atoms with Gasteiger partial charge in [0.1, 0.15) is 0 Å². The van der Waals surface area contributed by atoms with E-state index in [9.17, 15) is 0 Å². The summed E-state index contributed by atoms with van der Waals surface area (Å²) in [7, 11) is 0. The molecule has 0 saturated carbocycles. The standard InChI is InChI=1S/C73H57N/c1-71(2)65-40-53(46-15-9-7-10-16-46)27-33-59(65)62-36-30-56(43-68(62)71)74(57-31-37-63-60-34-28-54(47-17-11-8-12-18-47)41-66(60)72(3,4)69(63)44-57)58-32-38-64-61-35-29-55(42-67(61)73(5,6)70(64)45-58)50-23-21-49(22-24-50)52-26-25-48-19-13-14-20-51(48)39-52/h7-45H,1-6H3. The number of hydrogen-bond acceptors (Lipinski definition) is 1. The van der Waals surface area contributed by atoms with E-state index in [2.05, 4.69) is 283 Å². The molecular weight excluding hydrogens is 891 g/mol. The summed E-state index contributed by atoms with van der Waals surface area (Å²) in [5, 5.41) is 2.53. The minimum Gasteiger partial charge on any atom is -0.310 e. The zero-order valence-corrected chi connectivity index (χ0v) is 43.0. The lowest BCUT2D eigenvalue weighted by molar-refractivity contribution is 0.659. The maximum atomic E-state index is 2.53. The molecule has 0 atom stereocenters. The number of hydrogen-bond donors (Lipinski definition) is 0. The average molecular weight is 948 g/mol. The molecule has 3 aliphatic carbocycles. The summed E-state index contributed by atoms with van der Waals surface area (Å²) in [5.74, 6) is 0. The van der Waals surface area contributed by atoms with Crippen LogP contribution in [-0.4, -0.2) is 0 Å². The zero-order valence-electron chi connectivity index (χ0n) is 43.0. The van der Waals surface area contributed by atoms with Gasteiger partial charge in [-0.2, -0.15) is 0 Å². The summed E-state index contributed by atoms with van der Waals surface area (Å²) in [6.07, 6.45) is 0. The van der Waals surface area contributed by atoms with Gasteiger partial charge >= 0.3 is 0 Å². The number of benzene rings is 11. The van der Waals surface area contributed by atoms with E-state index in [-0.39, 0.29) is 16.2 Å². The maximum Gasteiger partial charge on any atom is 0.0465 e. The van der Waals surface area contributed by atoms with Gasteiger partial charge in [0.15, 0.2) is 0 Å². The topological polar surface area (TPSA) is 3.24 Å². The Balaban J connectivity index is 0.861. The van der Waals surface area contributed by atoms with E-state index in [1.165, 1.54) is 122 Å². The van der Waals surface area contributed by atoms with E-state index < -0.39 is 0 Å². The fraction of sp³-hybridized carbons (Fsp3) is 0.123. The molecule has 0 aromatic heterocycles. The Morgan fingerprint density at radius 2 is 0.486 bits per heavy atom. The second-order valence-corrected chi connectivity index (χ2v) is 22.6. The van der Waals surface area contributed by atoms with Crippen molar-refractivity contribution in [2.75, 3.05) is 4.90 Å². The molecule has 0 unspecified atom stereocenters. The fourth-order valence-electron chi connectivity index (χ4n) is 13.1. The van der Waals surface area contributed by atoms with Crippen LogP contribution in [0.2, 0.25) is 0 Å². The predicted molar refractivity (Wildman–Crippen MR) is 313 cm³/mol. The van der Waals surface area contributed by atoms with Crippen LogP contribution in [-0.2, 0) is 16.2 Å². The van der Waals surface area contributed by atoms with Crippen molar-refractivity contribution in [1.82, 2.24) is 0 Å². The molecule has 14 rings (SSSR count). The Morgan fingerprint density at radius 3 is 0.865 bits per heavy atom. The molecule has 354 valence electrons. The van der Waals surface area contributed by atoms with Crippen LogP contribution < -0.4 is 4.90 Å². The summed E-state index contributed by atoms with van der Waals surface area (Å²) in [5.41, 5.74) is 28.9. The largest absolute Gasteiger partial charge is 0.310 e. The van der Waals surface area contributed by atoms with Gasteiger partial charge in [-0.3, -0.25) is 0 Å². The fourth-order valence-corrected chi connectivity index (χ4v) is 13.1. The minimum atomic E-state index is -0.233. The van der Waals surface area contributed by atoms with Crippen molar-refractivity contribution in [3.63, 3.8) is 0 Å². The highest BCUT2D eigenvalue weighted by Crippen LogP contribution is 2.56. The smallest absolute Gasteiger partial charge is 0.0465 e. The molecule has 0 saturated heterocycles. The molecule has 74 heavy (non-hydrogen) atoms. The Hall–Kier alpha value is -8.52. The zero-order chi connectivity index (χ0) is 50.1. The molecule has 1 heteroatoms. The number of nitrogens with zero attached hydrogens (tertiary/aromatic N) is 1. The van der Waals surface area contributed by atoms with Crippen molar-refractivity contribution >= 4 is 27.8 Å². The monoisotopic (exact) mass is 947 g/mol. The van der Waals surface area contributed by atoms with Crippen molar-refractivity contribution < 1.29 is 0 Å². The first-order chi connectivity index (χ1) is 35.9. The van der Waals surface area contributed by atoms with Crippen LogP contribution in [0.5, 0.6) is 0 Å². The molecule has 3 aliphatic rings. The third-order valence-electron chi connectivity index (χ3n) is 17.3. The lowest BCUT2D eigenvalue weighted by Gasteiger charge is -2.31. The van der Waals surface area contributed by atoms with E-state index in [4.69, 9.17) is 0 Å². The van der Waals surface area contributed by atoms with Crippen molar-refractivity contribution in [2.24, 2.45) is 0 Å².